The maximum absolute atomic E-state index is 12.7. The van der Waals surface area contributed by atoms with Crippen LogP contribution in [0.25, 0.3) is 10.9 Å². The van der Waals surface area contributed by atoms with E-state index in [2.05, 4.69) is 10.3 Å². The normalized spacial score (nSPS) is 11.5. The van der Waals surface area contributed by atoms with Crippen molar-refractivity contribution in [1.82, 2.24) is 4.98 Å². The lowest BCUT2D eigenvalue weighted by atomic mass is 10.1. The Bertz CT molecular complexity index is 1080. The number of H-pyrrole nitrogens is 1. The highest BCUT2D eigenvalue weighted by atomic mass is 35.5. The van der Waals surface area contributed by atoms with Gasteiger partial charge >= 0.3 is 6.18 Å². The first-order valence-corrected chi connectivity index (χ1v) is 7.58. The van der Waals surface area contributed by atoms with Gasteiger partial charge in [-0.25, -0.2) is 0 Å². The van der Waals surface area contributed by atoms with Crippen LogP contribution in [0, 0.1) is 0 Å². The molecule has 0 atom stereocenters. The van der Waals surface area contributed by atoms with Gasteiger partial charge in [0.15, 0.2) is 0 Å². The Kier molecular flexibility index (Phi) is 4.37. The highest BCUT2D eigenvalue weighted by molar-refractivity contribution is 6.31. The number of rotatable bonds is 2. The number of hydrogen-bond donors (Lipinski definition) is 3. The third-order valence-corrected chi connectivity index (χ3v) is 3.86. The van der Waals surface area contributed by atoms with Crippen LogP contribution in [-0.2, 0) is 6.18 Å². The molecule has 0 saturated heterocycles. The number of anilines is 1. The molecular formula is C17H10ClF3N2O3. The van der Waals surface area contributed by atoms with Crippen LogP contribution in [-0.4, -0.2) is 16.0 Å². The topological polar surface area (TPSA) is 82.2 Å². The number of aromatic nitrogens is 1. The van der Waals surface area contributed by atoms with E-state index in [1.807, 2.05) is 0 Å². The fourth-order valence-electron chi connectivity index (χ4n) is 2.43. The predicted molar refractivity (Wildman–Crippen MR) is 90.6 cm³/mol. The molecule has 3 rings (SSSR count). The summed E-state index contributed by atoms with van der Waals surface area (Å²) in [5.74, 6) is -1.63. The Labute approximate surface area is 149 Å². The largest absolute Gasteiger partial charge is 0.506 e. The smallest absolute Gasteiger partial charge is 0.416 e. The van der Waals surface area contributed by atoms with Crippen molar-refractivity contribution in [3.05, 3.63) is 69.0 Å². The predicted octanol–water partition coefficient (Wildman–Crippen LogP) is 4.16. The number of alkyl halides is 3. The number of hydrogen-bond acceptors (Lipinski definition) is 3. The number of aromatic amines is 1. The average Bonchev–Trinajstić information content (AvgIpc) is 2.53. The number of amides is 1. The van der Waals surface area contributed by atoms with Gasteiger partial charge < -0.3 is 15.4 Å². The quantitative estimate of drug-likeness (QED) is 0.622. The summed E-state index contributed by atoms with van der Waals surface area (Å²) in [7, 11) is 0. The fraction of sp³-hybridized carbons (Fsp3) is 0.0588. The molecule has 0 aliphatic heterocycles. The molecule has 0 bridgehead atoms. The lowest BCUT2D eigenvalue weighted by molar-refractivity contribution is -0.137. The number of nitrogens with one attached hydrogen (secondary N) is 2. The summed E-state index contributed by atoms with van der Waals surface area (Å²) in [4.78, 5) is 26.9. The zero-order chi connectivity index (χ0) is 19.1. The number of carbonyl (C=O) groups excluding carboxylic acids is 1. The zero-order valence-corrected chi connectivity index (χ0v) is 13.6. The van der Waals surface area contributed by atoms with Crippen LogP contribution in [0.5, 0.6) is 5.75 Å². The second-order valence-corrected chi connectivity index (χ2v) is 5.84. The summed E-state index contributed by atoms with van der Waals surface area (Å²) < 4.78 is 38.2. The molecule has 3 aromatic rings. The Balaban J connectivity index is 2.01. The van der Waals surface area contributed by atoms with Crippen molar-refractivity contribution in [2.24, 2.45) is 0 Å². The molecule has 26 heavy (non-hydrogen) atoms. The van der Waals surface area contributed by atoms with Gasteiger partial charge in [0.05, 0.1) is 11.1 Å². The molecule has 0 saturated carbocycles. The molecule has 9 heteroatoms. The highest BCUT2D eigenvalue weighted by Gasteiger charge is 2.30. The monoisotopic (exact) mass is 382 g/mol. The lowest BCUT2D eigenvalue weighted by Gasteiger charge is -2.11. The van der Waals surface area contributed by atoms with E-state index in [1.165, 1.54) is 24.3 Å². The summed E-state index contributed by atoms with van der Waals surface area (Å²) >= 11 is 5.81. The van der Waals surface area contributed by atoms with Crippen molar-refractivity contribution in [3.8, 4) is 5.75 Å². The first-order valence-electron chi connectivity index (χ1n) is 7.20. The maximum atomic E-state index is 12.7. The second kappa shape index (κ2) is 6.38. The SMILES string of the molecule is O=C(Nc1cccc(C(F)(F)F)c1)c1c(O)c2ccc(Cl)cc2[nH]c1=O. The number of benzene rings is 2. The molecule has 0 fully saturated rings. The van der Waals surface area contributed by atoms with Crippen LogP contribution in [0.1, 0.15) is 15.9 Å². The van der Waals surface area contributed by atoms with E-state index in [-0.39, 0.29) is 16.6 Å². The Morgan fingerprint density at radius 1 is 1.15 bits per heavy atom. The molecule has 1 heterocycles. The van der Waals surface area contributed by atoms with Crippen molar-refractivity contribution < 1.29 is 23.1 Å². The van der Waals surface area contributed by atoms with Crippen molar-refractivity contribution in [2.45, 2.75) is 6.18 Å². The molecule has 0 aliphatic carbocycles. The minimum atomic E-state index is -4.58. The molecule has 1 amide bonds. The third-order valence-electron chi connectivity index (χ3n) is 3.62. The van der Waals surface area contributed by atoms with Crippen molar-refractivity contribution in [2.75, 3.05) is 5.32 Å². The Morgan fingerprint density at radius 2 is 1.88 bits per heavy atom. The van der Waals surface area contributed by atoms with Gasteiger partial charge in [-0.15, -0.1) is 0 Å². The minimum absolute atomic E-state index is 0.167. The van der Waals surface area contributed by atoms with Gasteiger partial charge in [-0.1, -0.05) is 17.7 Å². The van der Waals surface area contributed by atoms with Crippen molar-refractivity contribution in [3.63, 3.8) is 0 Å². The van der Waals surface area contributed by atoms with Crippen molar-refractivity contribution in [1.29, 1.82) is 0 Å². The van der Waals surface area contributed by atoms with E-state index < -0.39 is 34.5 Å². The van der Waals surface area contributed by atoms with E-state index in [0.717, 1.165) is 18.2 Å². The molecule has 0 spiro atoms. The molecule has 134 valence electrons. The summed E-state index contributed by atoms with van der Waals surface area (Å²) in [5, 5.41) is 12.9. The minimum Gasteiger partial charge on any atom is -0.506 e. The fourth-order valence-corrected chi connectivity index (χ4v) is 2.60. The van der Waals surface area contributed by atoms with Gasteiger partial charge in [0.2, 0.25) is 0 Å². The number of fused-ring (bicyclic) bond motifs is 1. The van der Waals surface area contributed by atoms with Crippen LogP contribution >= 0.6 is 11.6 Å². The average molecular weight is 383 g/mol. The molecule has 5 nitrogen and oxygen atoms in total. The first kappa shape index (κ1) is 17.8. The molecule has 0 radical (unpaired) electrons. The standard InChI is InChI=1S/C17H10ClF3N2O3/c18-9-4-5-11-12(7-9)23-16(26)13(14(11)24)15(25)22-10-3-1-2-8(6-10)17(19,20)21/h1-7H,(H,22,25)(H2,23,24,26). The number of aromatic hydroxyl groups is 1. The van der Waals surface area contributed by atoms with Gasteiger partial charge in [0.25, 0.3) is 11.5 Å². The van der Waals surface area contributed by atoms with Gasteiger partial charge in [-0.05, 0) is 36.4 Å². The molecule has 0 unspecified atom stereocenters. The first-order chi connectivity index (χ1) is 12.2. The molecule has 2 aromatic carbocycles. The molecular weight excluding hydrogens is 373 g/mol. The van der Waals surface area contributed by atoms with Crippen LogP contribution in [0.3, 0.4) is 0 Å². The molecule has 3 N–H and O–H groups in total. The second-order valence-electron chi connectivity index (χ2n) is 5.40. The Morgan fingerprint density at radius 3 is 2.58 bits per heavy atom. The van der Waals surface area contributed by atoms with E-state index in [4.69, 9.17) is 11.6 Å². The van der Waals surface area contributed by atoms with Gasteiger partial charge in [0.1, 0.15) is 11.3 Å². The zero-order valence-electron chi connectivity index (χ0n) is 12.8. The van der Waals surface area contributed by atoms with Crippen LogP contribution in [0.2, 0.25) is 5.02 Å². The molecule has 0 aliphatic rings. The maximum Gasteiger partial charge on any atom is 0.416 e. The van der Waals surface area contributed by atoms with Crippen LogP contribution in [0.4, 0.5) is 18.9 Å². The lowest BCUT2D eigenvalue weighted by Crippen LogP contribution is -2.23. The number of halogens is 4. The Hall–Kier alpha value is -3.00. The third kappa shape index (κ3) is 3.36. The van der Waals surface area contributed by atoms with Gasteiger partial charge in [0, 0.05) is 16.1 Å². The van der Waals surface area contributed by atoms with E-state index >= 15 is 0 Å². The summed E-state index contributed by atoms with van der Waals surface area (Å²) in [6.45, 7) is 0. The summed E-state index contributed by atoms with van der Waals surface area (Å²) in [6.07, 6.45) is -4.58. The van der Waals surface area contributed by atoms with Crippen LogP contribution in [0.15, 0.2) is 47.3 Å². The van der Waals surface area contributed by atoms with Gasteiger partial charge in [-0.2, -0.15) is 13.2 Å². The number of pyridine rings is 1. The van der Waals surface area contributed by atoms with E-state index in [1.54, 1.807) is 0 Å². The van der Waals surface area contributed by atoms with E-state index in [9.17, 15) is 27.9 Å². The van der Waals surface area contributed by atoms with Crippen LogP contribution < -0.4 is 10.9 Å². The molecule has 1 aromatic heterocycles. The summed E-state index contributed by atoms with van der Waals surface area (Å²) in [5.41, 5.74) is -2.42. The highest BCUT2D eigenvalue weighted by Crippen LogP contribution is 2.31. The van der Waals surface area contributed by atoms with E-state index in [0.29, 0.717) is 5.02 Å². The number of carbonyl (C=O) groups is 1. The van der Waals surface area contributed by atoms with Crippen molar-refractivity contribution >= 4 is 34.1 Å². The van der Waals surface area contributed by atoms with Gasteiger partial charge in [-0.3, -0.25) is 9.59 Å². The summed E-state index contributed by atoms with van der Waals surface area (Å²) in [6, 6.07) is 8.18.